The maximum atomic E-state index is 12.6. The summed E-state index contributed by atoms with van der Waals surface area (Å²) in [5.74, 6) is 0.760. The third kappa shape index (κ3) is 3.89. The van der Waals surface area contributed by atoms with Crippen LogP contribution in [0.3, 0.4) is 0 Å². The van der Waals surface area contributed by atoms with Gasteiger partial charge in [0.1, 0.15) is 6.04 Å². The number of hydrogen-bond acceptors (Lipinski definition) is 4. The summed E-state index contributed by atoms with van der Waals surface area (Å²) < 4.78 is 0. The molecule has 0 bridgehead atoms. The highest BCUT2D eigenvalue weighted by Gasteiger charge is 2.34. The van der Waals surface area contributed by atoms with Crippen LogP contribution < -0.4 is 16.2 Å². The van der Waals surface area contributed by atoms with E-state index in [2.05, 4.69) is 33.2 Å². The number of piperidine rings is 2. The molecule has 3 aliphatic heterocycles. The van der Waals surface area contributed by atoms with E-state index in [1.54, 1.807) is 0 Å². The van der Waals surface area contributed by atoms with Crippen molar-refractivity contribution in [1.82, 2.24) is 21.1 Å². The van der Waals surface area contributed by atoms with Crippen molar-refractivity contribution >= 4 is 5.91 Å². The average molecular weight is 342 g/mol. The molecule has 136 valence electrons. The van der Waals surface area contributed by atoms with Crippen LogP contribution >= 0.6 is 0 Å². The molecule has 4 rings (SSSR count). The third-order valence-electron chi connectivity index (χ3n) is 6.19. The van der Waals surface area contributed by atoms with Crippen LogP contribution in [0.2, 0.25) is 0 Å². The van der Waals surface area contributed by atoms with Crippen molar-refractivity contribution in [2.45, 2.75) is 56.7 Å². The fourth-order valence-electron chi connectivity index (χ4n) is 4.80. The lowest BCUT2D eigenvalue weighted by molar-refractivity contribution is -0.123. The lowest BCUT2D eigenvalue weighted by Crippen LogP contribution is -2.52. The van der Waals surface area contributed by atoms with Crippen LogP contribution in [-0.2, 0) is 4.79 Å². The molecule has 0 radical (unpaired) electrons. The monoisotopic (exact) mass is 342 g/mol. The molecule has 3 N–H and O–H groups in total. The van der Waals surface area contributed by atoms with E-state index in [1.165, 1.54) is 50.8 Å². The highest BCUT2D eigenvalue weighted by Crippen LogP contribution is 2.30. The van der Waals surface area contributed by atoms with E-state index in [9.17, 15) is 4.79 Å². The van der Waals surface area contributed by atoms with Crippen molar-refractivity contribution in [2.24, 2.45) is 5.92 Å². The molecule has 3 saturated heterocycles. The van der Waals surface area contributed by atoms with Crippen LogP contribution in [0.15, 0.2) is 30.3 Å². The topological polar surface area (TPSA) is 56.4 Å². The second-order valence-electron chi connectivity index (χ2n) is 7.79. The first-order chi connectivity index (χ1) is 12.3. The molecule has 3 heterocycles. The minimum atomic E-state index is -0.142. The van der Waals surface area contributed by atoms with Crippen molar-refractivity contribution < 1.29 is 4.79 Å². The van der Waals surface area contributed by atoms with Gasteiger partial charge in [-0.25, -0.2) is 10.9 Å². The van der Waals surface area contributed by atoms with E-state index in [1.807, 2.05) is 18.2 Å². The van der Waals surface area contributed by atoms with Crippen LogP contribution in [0.25, 0.3) is 0 Å². The highest BCUT2D eigenvalue weighted by atomic mass is 16.2. The maximum Gasteiger partial charge on any atom is 0.238 e. The van der Waals surface area contributed by atoms with Gasteiger partial charge in [-0.15, -0.1) is 0 Å². The Morgan fingerprint density at radius 1 is 1.08 bits per heavy atom. The molecular formula is C20H30N4O. The van der Waals surface area contributed by atoms with Gasteiger partial charge in [0.25, 0.3) is 0 Å². The Balaban J connectivity index is 1.28. The zero-order chi connectivity index (χ0) is 17.1. The average Bonchev–Trinajstić information content (AvgIpc) is 3.17. The van der Waals surface area contributed by atoms with Gasteiger partial charge in [0.15, 0.2) is 0 Å². The van der Waals surface area contributed by atoms with Gasteiger partial charge in [0.2, 0.25) is 5.91 Å². The molecule has 0 aliphatic carbocycles. The molecule has 5 heteroatoms. The SMILES string of the molecule is O=C(NCC1CCCN2CCCCC12)C1CC(c2ccccc2)NN1. The summed E-state index contributed by atoms with van der Waals surface area (Å²) in [6.07, 6.45) is 7.32. The van der Waals surface area contributed by atoms with Gasteiger partial charge in [-0.2, -0.15) is 0 Å². The van der Waals surface area contributed by atoms with E-state index < -0.39 is 0 Å². The number of nitrogens with zero attached hydrogens (tertiary/aromatic N) is 1. The van der Waals surface area contributed by atoms with E-state index in [4.69, 9.17) is 0 Å². The van der Waals surface area contributed by atoms with E-state index >= 15 is 0 Å². The minimum absolute atomic E-state index is 0.138. The van der Waals surface area contributed by atoms with Crippen LogP contribution in [-0.4, -0.2) is 42.5 Å². The van der Waals surface area contributed by atoms with E-state index in [0.717, 1.165) is 13.0 Å². The molecule has 4 atom stereocenters. The number of hydrazine groups is 1. The summed E-state index contributed by atoms with van der Waals surface area (Å²) in [7, 11) is 0. The van der Waals surface area contributed by atoms with Crippen LogP contribution in [0.1, 0.15) is 50.1 Å². The van der Waals surface area contributed by atoms with E-state index in [0.29, 0.717) is 12.0 Å². The van der Waals surface area contributed by atoms with Crippen LogP contribution in [0.4, 0.5) is 0 Å². The van der Waals surface area contributed by atoms with Gasteiger partial charge in [-0.1, -0.05) is 36.8 Å². The summed E-state index contributed by atoms with van der Waals surface area (Å²) in [6.45, 7) is 3.33. The van der Waals surface area contributed by atoms with Crippen molar-refractivity contribution in [1.29, 1.82) is 0 Å². The number of benzene rings is 1. The predicted molar refractivity (Wildman–Crippen MR) is 98.8 cm³/mol. The van der Waals surface area contributed by atoms with Crippen molar-refractivity contribution in [3.8, 4) is 0 Å². The Morgan fingerprint density at radius 3 is 2.80 bits per heavy atom. The predicted octanol–water partition coefficient (Wildman–Crippen LogP) is 1.97. The van der Waals surface area contributed by atoms with Crippen molar-refractivity contribution in [2.75, 3.05) is 19.6 Å². The van der Waals surface area contributed by atoms with Gasteiger partial charge in [0, 0.05) is 18.6 Å². The largest absolute Gasteiger partial charge is 0.354 e. The fraction of sp³-hybridized carbons (Fsp3) is 0.650. The summed E-state index contributed by atoms with van der Waals surface area (Å²) in [5, 5.41) is 3.23. The number of fused-ring (bicyclic) bond motifs is 1. The summed E-state index contributed by atoms with van der Waals surface area (Å²) >= 11 is 0. The summed E-state index contributed by atoms with van der Waals surface area (Å²) in [6, 6.07) is 11.1. The molecule has 5 nitrogen and oxygen atoms in total. The molecule has 0 saturated carbocycles. The molecule has 25 heavy (non-hydrogen) atoms. The first-order valence-corrected chi connectivity index (χ1v) is 9.89. The highest BCUT2D eigenvalue weighted by molar-refractivity contribution is 5.82. The molecule has 0 spiro atoms. The summed E-state index contributed by atoms with van der Waals surface area (Å²) in [5.41, 5.74) is 7.68. The number of hydrogen-bond donors (Lipinski definition) is 3. The Morgan fingerprint density at radius 2 is 1.92 bits per heavy atom. The zero-order valence-electron chi connectivity index (χ0n) is 14.9. The fourth-order valence-corrected chi connectivity index (χ4v) is 4.80. The second kappa shape index (κ2) is 7.85. The lowest BCUT2D eigenvalue weighted by Gasteiger charge is -2.44. The standard InChI is InChI=1S/C20H30N4O/c25-20(18-13-17(22-23-18)15-7-2-1-3-8-15)21-14-16-9-6-12-24-11-5-4-10-19(16)24/h1-3,7-8,16-19,22-23H,4-6,9-14H2,(H,21,25). The number of amides is 1. The van der Waals surface area contributed by atoms with Gasteiger partial charge in [-0.3, -0.25) is 4.79 Å². The molecule has 4 unspecified atom stereocenters. The van der Waals surface area contributed by atoms with Crippen molar-refractivity contribution in [3.63, 3.8) is 0 Å². The number of carbonyl (C=O) groups is 1. The van der Waals surface area contributed by atoms with Gasteiger partial charge in [0.05, 0.1) is 0 Å². The maximum absolute atomic E-state index is 12.6. The molecular weight excluding hydrogens is 312 g/mol. The zero-order valence-corrected chi connectivity index (χ0v) is 14.9. The second-order valence-corrected chi connectivity index (χ2v) is 7.79. The lowest BCUT2D eigenvalue weighted by atomic mass is 9.83. The molecule has 1 aromatic rings. The molecule has 0 aromatic heterocycles. The van der Waals surface area contributed by atoms with Gasteiger partial charge >= 0.3 is 0 Å². The van der Waals surface area contributed by atoms with Crippen LogP contribution in [0.5, 0.6) is 0 Å². The normalized spacial score (nSPS) is 33.0. The smallest absolute Gasteiger partial charge is 0.238 e. The van der Waals surface area contributed by atoms with Crippen LogP contribution in [0, 0.1) is 5.92 Å². The Bertz CT molecular complexity index is 576. The molecule has 1 aromatic carbocycles. The third-order valence-corrected chi connectivity index (χ3v) is 6.19. The number of rotatable bonds is 4. The molecule has 1 amide bonds. The molecule has 3 aliphatic rings. The van der Waals surface area contributed by atoms with Gasteiger partial charge in [-0.05, 0) is 56.7 Å². The first kappa shape index (κ1) is 17.0. The van der Waals surface area contributed by atoms with Gasteiger partial charge < -0.3 is 10.2 Å². The quantitative estimate of drug-likeness (QED) is 0.783. The Labute approximate surface area is 150 Å². The first-order valence-electron chi connectivity index (χ1n) is 9.89. The van der Waals surface area contributed by atoms with Crippen molar-refractivity contribution in [3.05, 3.63) is 35.9 Å². The van der Waals surface area contributed by atoms with E-state index in [-0.39, 0.29) is 18.0 Å². The summed E-state index contributed by atoms with van der Waals surface area (Å²) in [4.78, 5) is 15.3. The number of nitrogens with one attached hydrogen (secondary N) is 3. The Kier molecular flexibility index (Phi) is 5.34. The Hall–Kier alpha value is -1.43. The molecule has 3 fully saturated rings. The minimum Gasteiger partial charge on any atom is -0.354 e. The number of carbonyl (C=O) groups excluding carboxylic acids is 1.